The fourth-order valence-corrected chi connectivity index (χ4v) is 2.34. The number of aromatic nitrogens is 1. The minimum Gasteiger partial charge on any atom is -0.368 e. The van der Waals surface area contributed by atoms with Crippen LogP contribution in [0.5, 0.6) is 0 Å². The second kappa shape index (κ2) is 5.27. The van der Waals surface area contributed by atoms with E-state index in [-0.39, 0.29) is 5.41 Å². The molecule has 2 heterocycles. The summed E-state index contributed by atoms with van der Waals surface area (Å²) in [6, 6.07) is 4.39. The third kappa shape index (κ3) is 3.02. The highest BCUT2D eigenvalue weighted by atomic mass is 15.3. The van der Waals surface area contributed by atoms with Crippen LogP contribution < -0.4 is 4.90 Å². The fourth-order valence-electron chi connectivity index (χ4n) is 2.34. The molecule has 18 heavy (non-hydrogen) atoms. The Morgan fingerprint density at radius 2 is 1.78 bits per heavy atom. The number of hydrogen-bond donors (Lipinski definition) is 0. The Labute approximate surface area is 111 Å². The first kappa shape index (κ1) is 13.3. The highest BCUT2D eigenvalue weighted by Gasteiger charge is 2.18. The number of piperazine rings is 1. The lowest BCUT2D eigenvalue weighted by Crippen LogP contribution is -2.46. The van der Waals surface area contributed by atoms with Gasteiger partial charge in [0.2, 0.25) is 0 Å². The van der Waals surface area contributed by atoms with Crippen LogP contribution in [-0.2, 0) is 5.41 Å². The van der Waals surface area contributed by atoms with E-state index in [4.69, 9.17) is 0 Å². The summed E-state index contributed by atoms with van der Waals surface area (Å²) in [5.74, 6) is 0. The zero-order valence-electron chi connectivity index (χ0n) is 12.1. The molecule has 1 aliphatic heterocycles. The van der Waals surface area contributed by atoms with Crippen molar-refractivity contribution in [1.82, 2.24) is 9.88 Å². The molecule has 3 nitrogen and oxygen atoms in total. The Bertz CT molecular complexity index is 370. The summed E-state index contributed by atoms with van der Waals surface area (Å²) >= 11 is 0. The maximum absolute atomic E-state index is 4.61. The Hall–Kier alpha value is -1.09. The van der Waals surface area contributed by atoms with E-state index in [9.17, 15) is 0 Å². The molecule has 0 atom stereocenters. The minimum absolute atomic E-state index is 0.138. The molecule has 0 N–H and O–H groups in total. The lowest BCUT2D eigenvalue weighted by molar-refractivity contribution is 0.271. The van der Waals surface area contributed by atoms with Gasteiger partial charge in [0, 0.05) is 37.3 Å². The molecule has 0 saturated carbocycles. The van der Waals surface area contributed by atoms with E-state index in [2.05, 4.69) is 54.6 Å². The topological polar surface area (TPSA) is 19.4 Å². The average molecular weight is 247 g/mol. The van der Waals surface area contributed by atoms with Gasteiger partial charge < -0.3 is 9.80 Å². The number of anilines is 1. The van der Waals surface area contributed by atoms with Crippen LogP contribution in [0.25, 0.3) is 0 Å². The van der Waals surface area contributed by atoms with Crippen molar-refractivity contribution in [2.45, 2.75) is 33.1 Å². The quantitative estimate of drug-likeness (QED) is 0.800. The van der Waals surface area contributed by atoms with E-state index in [1.165, 1.54) is 11.4 Å². The van der Waals surface area contributed by atoms with Crippen molar-refractivity contribution >= 4 is 5.69 Å². The van der Waals surface area contributed by atoms with Gasteiger partial charge in [0.15, 0.2) is 0 Å². The highest BCUT2D eigenvalue weighted by Crippen LogP contribution is 2.22. The Kier molecular flexibility index (Phi) is 3.91. The van der Waals surface area contributed by atoms with Gasteiger partial charge >= 0.3 is 0 Å². The lowest BCUT2D eigenvalue weighted by atomic mass is 9.92. The normalized spacial score (nSPS) is 18.1. The van der Waals surface area contributed by atoms with Crippen molar-refractivity contribution < 1.29 is 0 Å². The zero-order valence-corrected chi connectivity index (χ0v) is 12.1. The fraction of sp³-hybridized carbons (Fsp3) is 0.667. The van der Waals surface area contributed by atoms with E-state index >= 15 is 0 Å². The van der Waals surface area contributed by atoms with Crippen LogP contribution in [0.1, 0.15) is 33.4 Å². The van der Waals surface area contributed by atoms with Crippen LogP contribution in [0.2, 0.25) is 0 Å². The van der Waals surface area contributed by atoms with Gasteiger partial charge in [-0.3, -0.25) is 4.98 Å². The average Bonchev–Trinajstić information content (AvgIpc) is 2.38. The predicted octanol–water partition coefficient (Wildman–Crippen LogP) is 2.52. The van der Waals surface area contributed by atoms with Crippen LogP contribution in [0.15, 0.2) is 18.3 Å². The number of pyridine rings is 1. The maximum atomic E-state index is 4.61. The van der Waals surface area contributed by atoms with Crippen molar-refractivity contribution in [1.29, 1.82) is 0 Å². The molecule has 0 bridgehead atoms. The standard InChI is InChI=1S/C15H25N3/c1-5-17-8-10-18(11-9-17)13-6-7-14(16-12-13)15(2,3)4/h6-7,12H,5,8-11H2,1-4H3. The number of nitrogens with zero attached hydrogens (tertiary/aromatic N) is 3. The van der Waals surface area contributed by atoms with Crippen LogP contribution in [-0.4, -0.2) is 42.6 Å². The first-order valence-corrected chi connectivity index (χ1v) is 6.94. The lowest BCUT2D eigenvalue weighted by Gasteiger charge is -2.35. The van der Waals surface area contributed by atoms with E-state index < -0.39 is 0 Å². The van der Waals surface area contributed by atoms with E-state index in [1.807, 2.05) is 6.20 Å². The van der Waals surface area contributed by atoms with Gasteiger partial charge in [0.05, 0.1) is 11.9 Å². The summed E-state index contributed by atoms with van der Waals surface area (Å²) in [5.41, 5.74) is 2.57. The first-order valence-electron chi connectivity index (χ1n) is 6.94. The number of hydrogen-bond acceptors (Lipinski definition) is 3. The Morgan fingerprint density at radius 3 is 2.22 bits per heavy atom. The van der Waals surface area contributed by atoms with Crippen molar-refractivity contribution in [3.8, 4) is 0 Å². The second-order valence-corrected chi connectivity index (χ2v) is 6.07. The molecule has 1 saturated heterocycles. The van der Waals surface area contributed by atoms with Gasteiger partial charge in [-0.1, -0.05) is 27.7 Å². The molecule has 0 amide bonds. The predicted molar refractivity (Wildman–Crippen MR) is 77.3 cm³/mol. The monoisotopic (exact) mass is 247 g/mol. The van der Waals surface area contributed by atoms with Gasteiger partial charge in [0.1, 0.15) is 0 Å². The van der Waals surface area contributed by atoms with Gasteiger partial charge in [-0.05, 0) is 18.7 Å². The summed E-state index contributed by atoms with van der Waals surface area (Å²) in [7, 11) is 0. The molecular weight excluding hydrogens is 222 g/mol. The molecule has 0 unspecified atom stereocenters. The van der Waals surface area contributed by atoms with Gasteiger partial charge in [0.25, 0.3) is 0 Å². The highest BCUT2D eigenvalue weighted by molar-refractivity contribution is 5.45. The van der Waals surface area contributed by atoms with Crippen LogP contribution in [0, 0.1) is 0 Å². The van der Waals surface area contributed by atoms with Crippen molar-refractivity contribution in [3.63, 3.8) is 0 Å². The molecular formula is C15H25N3. The summed E-state index contributed by atoms with van der Waals surface area (Å²) in [5, 5.41) is 0. The molecule has 0 aliphatic carbocycles. The van der Waals surface area contributed by atoms with Crippen LogP contribution in [0.3, 0.4) is 0 Å². The van der Waals surface area contributed by atoms with Gasteiger partial charge in [-0.25, -0.2) is 0 Å². The molecule has 100 valence electrons. The molecule has 1 fully saturated rings. The summed E-state index contributed by atoms with van der Waals surface area (Å²) in [6.07, 6.45) is 2.03. The number of likely N-dealkylation sites (N-methyl/N-ethyl adjacent to an activating group) is 1. The second-order valence-electron chi connectivity index (χ2n) is 6.07. The van der Waals surface area contributed by atoms with Crippen LogP contribution >= 0.6 is 0 Å². The van der Waals surface area contributed by atoms with Crippen molar-refractivity contribution in [2.24, 2.45) is 0 Å². The molecule has 0 spiro atoms. The van der Waals surface area contributed by atoms with E-state index in [0.29, 0.717) is 0 Å². The number of rotatable bonds is 2. The van der Waals surface area contributed by atoms with E-state index in [0.717, 1.165) is 32.7 Å². The maximum Gasteiger partial charge on any atom is 0.0553 e. The Morgan fingerprint density at radius 1 is 1.11 bits per heavy atom. The zero-order chi connectivity index (χ0) is 13.2. The first-order chi connectivity index (χ1) is 8.50. The molecule has 1 aromatic heterocycles. The Balaban J connectivity index is 2.02. The summed E-state index contributed by atoms with van der Waals surface area (Å²) in [6.45, 7) is 14.6. The molecule has 1 aromatic rings. The van der Waals surface area contributed by atoms with Crippen molar-refractivity contribution in [2.75, 3.05) is 37.6 Å². The van der Waals surface area contributed by atoms with E-state index in [1.54, 1.807) is 0 Å². The summed E-state index contributed by atoms with van der Waals surface area (Å²) < 4.78 is 0. The smallest absolute Gasteiger partial charge is 0.0553 e. The molecule has 3 heteroatoms. The molecule has 2 rings (SSSR count). The van der Waals surface area contributed by atoms with Gasteiger partial charge in [-0.15, -0.1) is 0 Å². The minimum atomic E-state index is 0.138. The SMILES string of the molecule is CCN1CCN(c2ccc(C(C)(C)C)nc2)CC1. The van der Waals surface area contributed by atoms with Crippen LogP contribution in [0.4, 0.5) is 5.69 Å². The third-order valence-corrected chi connectivity index (χ3v) is 3.70. The van der Waals surface area contributed by atoms with Crippen molar-refractivity contribution in [3.05, 3.63) is 24.0 Å². The molecule has 0 radical (unpaired) electrons. The molecule has 0 aromatic carbocycles. The largest absolute Gasteiger partial charge is 0.368 e. The third-order valence-electron chi connectivity index (χ3n) is 3.70. The molecule has 1 aliphatic rings. The van der Waals surface area contributed by atoms with Gasteiger partial charge in [-0.2, -0.15) is 0 Å². The summed E-state index contributed by atoms with van der Waals surface area (Å²) in [4.78, 5) is 9.54.